The van der Waals surface area contributed by atoms with Crippen LogP contribution in [-0.4, -0.2) is 14.6 Å². The van der Waals surface area contributed by atoms with E-state index in [1.807, 2.05) is 19.1 Å². The van der Waals surface area contributed by atoms with Crippen molar-refractivity contribution in [2.24, 2.45) is 0 Å². The zero-order chi connectivity index (χ0) is 11.2. The summed E-state index contributed by atoms with van der Waals surface area (Å²) in [5.74, 6) is 0.739. The van der Waals surface area contributed by atoms with Crippen LogP contribution in [0.3, 0.4) is 0 Å². The molecule has 15 heavy (non-hydrogen) atoms. The molecular formula is C11H14ClN3. The third-order valence-electron chi connectivity index (χ3n) is 2.37. The molecule has 0 radical (unpaired) electrons. The van der Waals surface area contributed by atoms with Crippen LogP contribution in [0.15, 0.2) is 12.1 Å². The van der Waals surface area contributed by atoms with Gasteiger partial charge in [-0.3, -0.25) is 0 Å². The van der Waals surface area contributed by atoms with E-state index in [2.05, 4.69) is 30.9 Å². The second kappa shape index (κ2) is 3.20. The van der Waals surface area contributed by atoms with Crippen LogP contribution in [0.1, 0.15) is 32.2 Å². The molecule has 2 heterocycles. The van der Waals surface area contributed by atoms with E-state index in [-0.39, 0.29) is 5.41 Å². The Labute approximate surface area is 94.1 Å². The maximum absolute atomic E-state index is 6.14. The van der Waals surface area contributed by atoms with Gasteiger partial charge in [0, 0.05) is 0 Å². The van der Waals surface area contributed by atoms with Gasteiger partial charge in [-0.25, -0.2) is 9.50 Å². The SMILES string of the molecule is Cc1nc2cc(C(C)(C)C)cc(Cl)n2n1. The average molecular weight is 224 g/mol. The number of rotatable bonds is 0. The van der Waals surface area contributed by atoms with Crippen LogP contribution in [-0.2, 0) is 5.41 Å². The van der Waals surface area contributed by atoms with E-state index in [1.54, 1.807) is 4.52 Å². The second-order valence-corrected chi connectivity index (χ2v) is 5.13. The number of aromatic nitrogens is 3. The molecule has 2 rings (SSSR count). The van der Waals surface area contributed by atoms with Crippen LogP contribution in [0.4, 0.5) is 0 Å². The number of hydrogen-bond acceptors (Lipinski definition) is 2. The summed E-state index contributed by atoms with van der Waals surface area (Å²) in [4.78, 5) is 4.32. The van der Waals surface area contributed by atoms with E-state index in [1.165, 1.54) is 5.56 Å². The normalized spacial score (nSPS) is 12.3. The lowest BCUT2D eigenvalue weighted by molar-refractivity contribution is 0.589. The third-order valence-corrected chi connectivity index (χ3v) is 2.63. The second-order valence-electron chi connectivity index (χ2n) is 4.75. The Bertz CT molecular complexity index is 508. The van der Waals surface area contributed by atoms with Crippen molar-refractivity contribution in [3.8, 4) is 0 Å². The fourth-order valence-electron chi connectivity index (χ4n) is 1.49. The Kier molecular flexibility index (Phi) is 2.23. The van der Waals surface area contributed by atoms with Crippen molar-refractivity contribution in [1.82, 2.24) is 14.6 Å². The van der Waals surface area contributed by atoms with Gasteiger partial charge in [-0.05, 0) is 30.0 Å². The number of fused-ring (bicyclic) bond motifs is 1. The van der Waals surface area contributed by atoms with Crippen molar-refractivity contribution in [3.05, 3.63) is 28.7 Å². The van der Waals surface area contributed by atoms with Gasteiger partial charge in [-0.15, -0.1) is 0 Å². The first-order valence-corrected chi connectivity index (χ1v) is 5.29. The molecule has 4 heteroatoms. The van der Waals surface area contributed by atoms with Gasteiger partial charge in [0.1, 0.15) is 11.0 Å². The van der Waals surface area contributed by atoms with Gasteiger partial charge in [-0.2, -0.15) is 5.10 Å². The highest BCUT2D eigenvalue weighted by atomic mass is 35.5. The molecule has 0 saturated heterocycles. The Hall–Kier alpha value is -1.09. The van der Waals surface area contributed by atoms with Crippen LogP contribution in [0.2, 0.25) is 5.15 Å². The first-order valence-electron chi connectivity index (χ1n) is 4.91. The van der Waals surface area contributed by atoms with Crippen molar-refractivity contribution < 1.29 is 0 Å². The molecule has 0 aromatic carbocycles. The quantitative estimate of drug-likeness (QED) is 0.643. The van der Waals surface area contributed by atoms with Crippen LogP contribution >= 0.6 is 11.6 Å². The molecule has 80 valence electrons. The van der Waals surface area contributed by atoms with Gasteiger partial charge in [-0.1, -0.05) is 32.4 Å². The van der Waals surface area contributed by atoms with Gasteiger partial charge in [0.05, 0.1) is 0 Å². The first kappa shape index (κ1) is 10.4. The molecule has 0 unspecified atom stereocenters. The summed E-state index contributed by atoms with van der Waals surface area (Å²) in [5, 5.41) is 4.82. The maximum atomic E-state index is 6.14. The molecule has 3 nitrogen and oxygen atoms in total. The maximum Gasteiger partial charge on any atom is 0.157 e. The topological polar surface area (TPSA) is 30.2 Å². The summed E-state index contributed by atoms with van der Waals surface area (Å²) >= 11 is 6.14. The molecule has 0 saturated carbocycles. The summed E-state index contributed by atoms with van der Waals surface area (Å²) in [5.41, 5.74) is 2.06. The lowest BCUT2D eigenvalue weighted by atomic mass is 9.88. The standard InChI is InChI=1S/C11H14ClN3/c1-7-13-10-6-8(11(2,3)4)5-9(12)15(10)14-7/h5-6H,1-4H3. The van der Waals surface area contributed by atoms with Gasteiger partial charge in [0.25, 0.3) is 0 Å². The van der Waals surface area contributed by atoms with Crippen LogP contribution in [0.25, 0.3) is 5.65 Å². The summed E-state index contributed by atoms with van der Waals surface area (Å²) in [6.45, 7) is 8.31. The number of nitrogens with zero attached hydrogens (tertiary/aromatic N) is 3. The molecule has 0 aliphatic heterocycles. The van der Waals surface area contributed by atoms with E-state index in [0.29, 0.717) is 5.15 Å². The molecule has 0 aliphatic rings. The predicted octanol–water partition coefficient (Wildman–Crippen LogP) is 2.99. The first-order chi connectivity index (χ1) is 6.88. The highest BCUT2D eigenvalue weighted by Crippen LogP contribution is 2.26. The highest BCUT2D eigenvalue weighted by molar-refractivity contribution is 6.29. The molecule has 0 aliphatic carbocycles. The van der Waals surface area contributed by atoms with Crippen LogP contribution in [0, 0.1) is 6.92 Å². The monoisotopic (exact) mass is 223 g/mol. The van der Waals surface area contributed by atoms with E-state index >= 15 is 0 Å². The summed E-state index contributed by atoms with van der Waals surface area (Å²) < 4.78 is 1.66. The van der Waals surface area contributed by atoms with Crippen LogP contribution < -0.4 is 0 Å². The van der Waals surface area contributed by atoms with E-state index in [9.17, 15) is 0 Å². The number of halogens is 1. The molecule has 0 fully saturated rings. The Morgan fingerprint density at radius 2 is 1.93 bits per heavy atom. The average Bonchev–Trinajstić information content (AvgIpc) is 2.44. The molecule has 0 atom stereocenters. The van der Waals surface area contributed by atoms with Crippen molar-refractivity contribution in [1.29, 1.82) is 0 Å². The highest BCUT2D eigenvalue weighted by Gasteiger charge is 2.16. The third kappa shape index (κ3) is 1.84. The fourth-order valence-corrected chi connectivity index (χ4v) is 1.73. The molecule has 0 bridgehead atoms. The summed E-state index contributed by atoms with van der Waals surface area (Å²) in [6.07, 6.45) is 0. The molecule has 0 spiro atoms. The van der Waals surface area contributed by atoms with Crippen LogP contribution in [0.5, 0.6) is 0 Å². The molecule has 0 N–H and O–H groups in total. The van der Waals surface area contributed by atoms with Gasteiger partial charge < -0.3 is 0 Å². The Balaban J connectivity index is 2.72. The number of hydrogen-bond donors (Lipinski definition) is 0. The minimum atomic E-state index is 0.0746. The van der Waals surface area contributed by atoms with Crippen molar-refractivity contribution >= 4 is 17.2 Å². The van der Waals surface area contributed by atoms with Crippen molar-refractivity contribution in [2.45, 2.75) is 33.1 Å². The molecule has 2 aromatic heterocycles. The number of aryl methyl sites for hydroxylation is 1. The molecule has 0 amide bonds. The predicted molar refractivity (Wildman–Crippen MR) is 61.4 cm³/mol. The van der Waals surface area contributed by atoms with E-state index in [4.69, 9.17) is 11.6 Å². The van der Waals surface area contributed by atoms with Gasteiger partial charge in [0.2, 0.25) is 0 Å². The molecule has 2 aromatic rings. The number of pyridine rings is 1. The van der Waals surface area contributed by atoms with Gasteiger partial charge in [0.15, 0.2) is 5.65 Å². The smallest absolute Gasteiger partial charge is 0.157 e. The summed E-state index contributed by atoms with van der Waals surface area (Å²) in [7, 11) is 0. The summed E-state index contributed by atoms with van der Waals surface area (Å²) in [6, 6.07) is 3.98. The minimum absolute atomic E-state index is 0.0746. The van der Waals surface area contributed by atoms with Crippen molar-refractivity contribution in [2.75, 3.05) is 0 Å². The zero-order valence-corrected chi connectivity index (χ0v) is 10.1. The minimum Gasteiger partial charge on any atom is -0.212 e. The Morgan fingerprint density at radius 1 is 1.27 bits per heavy atom. The fraction of sp³-hybridized carbons (Fsp3) is 0.455. The Morgan fingerprint density at radius 3 is 2.53 bits per heavy atom. The van der Waals surface area contributed by atoms with E-state index < -0.39 is 0 Å². The van der Waals surface area contributed by atoms with E-state index in [0.717, 1.165) is 11.5 Å². The zero-order valence-electron chi connectivity index (χ0n) is 9.37. The lowest BCUT2D eigenvalue weighted by Crippen LogP contribution is -2.11. The van der Waals surface area contributed by atoms with Crippen molar-refractivity contribution in [3.63, 3.8) is 0 Å². The lowest BCUT2D eigenvalue weighted by Gasteiger charge is -2.19. The molecular weight excluding hydrogens is 210 g/mol. The van der Waals surface area contributed by atoms with Gasteiger partial charge >= 0.3 is 0 Å². The largest absolute Gasteiger partial charge is 0.212 e.